The predicted octanol–water partition coefficient (Wildman–Crippen LogP) is 3.84. The summed E-state index contributed by atoms with van der Waals surface area (Å²) in [5.41, 5.74) is 0.438. The zero-order chi connectivity index (χ0) is 17.1. The minimum Gasteiger partial charge on any atom is -0.449 e. The van der Waals surface area contributed by atoms with Gasteiger partial charge in [-0.05, 0) is 37.3 Å². The highest BCUT2D eigenvalue weighted by Crippen LogP contribution is 2.22. The van der Waals surface area contributed by atoms with Crippen LogP contribution in [-0.4, -0.2) is 21.1 Å². The van der Waals surface area contributed by atoms with Crippen molar-refractivity contribution < 1.29 is 18.4 Å². The molecule has 0 aliphatic rings. The topological polar surface area (TPSA) is 78.1 Å². The first kappa shape index (κ1) is 16.1. The van der Waals surface area contributed by atoms with Gasteiger partial charge in [-0.3, -0.25) is 4.98 Å². The van der Waals surface area contributed by atoms with Crippen LogP contribution in [0.1, 0.15) is 29.3 Å². The summed E-state index contributed by atoms with van der Waals surface area (Å²) in [6, 6.07) is 7.19. The fraction of sp³-hybridized carbons (Fsp3) is 0.125. The zero-order valence-electron chi connectivity index (χ0n) is 12.4. The second-order valence-corrected chi connectivity index (χ2v) is 5.31. The van der Waals surface area contributed by atoms with Gasteiger partial charge in [-0.1, -0.05) is 16.8 Å². The van der Waals surface area contributed by atoms with Crippen molar-refractivity contribution in [3.63, 3.8) is 0 Å². The number of aromatic nitrogens is 3. The van der Waals surface area contributed by atoms with Gasteiger partial charge in [0.05, 0.1) is 5.56 Å². The number of rotatable bonds is 4. The molecule has 0 bridgehead atoms. The molecule has 3 aromatic rings. The first-order valence-electron chi connectivity index (χ1n) is 6.94. The smallest absolute Gasteiger partial charge is 0.341 e. The lowest BCUT2D eigenvalue weighted by molar-refractivity contribution is 0.0260. The van der Waals surface area contributed by atoms with E-state index in [4.69, 9.17) is 20.9 Å². The summed E-state index contributed by atoms with van der Waals surface area (Å²) in [5.74, 6) is -1.20. The average molecular weight is 348 g/mol. The molecule has 0 saturated carbocycles. The van der Waals surface area contributed by atoms with Crippen molar-refractivity contribution in [2.24, 2.45) is 0 Å². The standard InChI is InChI=1S/C16H11ClFN3O3/c1-9(23-16(22)12-5-4-11(17)7-13(12)18)15-20-14(21-24-15)10-3-2-6-19-8-10/h2-9H,1H3/t9-/m0/s1. The zero-order valence-corrected chi connectivity index (χ0v) is 13.2. The van der Waals surface area contributed by atoms with Gasteiger partial charge < -0.3 is 9.26 Å². The highest BCUT2D eigenvalue weighted by atomic mass is 35.5. The monoisotopic (exact) mass is 347 g/mol. The molecule has 0 saturated heterocycles. The lowest BCUT2D eigenvalue weighted by atomic mass is 10.2. The molecule has 24 heavy (non-hydrogen) atoms. The number of benzene rings is 1. The largest absolute Gasteiger partial charge is 0.449 e. The fourth-order valence-corrected chi connectivity index (χ4v) is 2.10. The second-order valence-electron chi connectivity index (χ2n) is 4.87. The number of nitrogens with zero attached hydrogens (tertiary/aromatic N) is 3. The Bertz CT molecular complexity index is 870. The summed E-state index contributed by atoms with van der Waals surface area (Å²) in [4.78, 5) is 20.1. The highest BCUT2D eigenvalue weighted by Gasteiger charge is 2.22. The molecular formula is C16H11ClFN3O3. The van der Waals surface area contributed by atoms with E-state index in [-0.39, 0.29) is 16.5 Å². The molecule has 6 nitrogen and oxygen atoms in total. The van der Waals surface area contributed by atoms with E-state index in [2.05, 4.69) is 15.1 Å². The lowest BCUT2D eigenvalue weighted by Crippen LogP contribution is -2.11. The number of pyridine rings is 1. The summed E-state index contributed by atoms with van der Waals surface area (Å²) < 4.78 is 24.0. The molecule has 3 rings (SSSR count). The molecular weight excluding hydrogens is 337 g/mol. The highest BCUT2D eigenvalue weighted by molar-refractivity contribution is 6.30. The quantitative estimate of drug-likeness (QED) is 0.667. The van der Waals surface area contributed by atoms with E-state index in [1.165, 1.54) is 12.1 Å². The maximum atomic E-state index is 13.7. The fourth-order valence-electron chi connectivity index (χ4n) is 1.94. The van der Waals surface area contributed by atoms with Gasteiger partial charge in [0.15, 0.2) is 6.10 Å². The lowest BCUT2D eigenvalue weighted by Gasteiger charge is -2.09. The SMILES string of the molecule is C[C@H](OC(=O)c1ccc(Cl)cc1F)c1nc(-c2cccnc2)no1. The number of halogens is 2. The predicted molar refractivity (Wildman–Crippen MR) is 82.8 cm³/mol. The second kappa shape index (κ2) is 6.76. The molecule has 0 radical (unpaired) electrons. The Labute approximate surface area is 141 Å². The number of hydrogen-bond donors (Lipinski definition) is 0. The molecule has 2 heterocycles. The molecule has 1 atom stereocenters. The molecule has 8 heteroatoms. The van der Waals surface area contributed by atoms with E-state index in [9.17, 15) is 9.18 Å². The van der Waals surface area contributed by atoms with Gasteiger partial charge in [-0.2, -0.15) is 4.98 Å². The van der Waals surface area contributed by atoms with Gasteiger partial charge in [0.25, 0.3) is 5.89 Å². The first-order valence-corrected chi connectivity index (χ1v) is 7.32. The first-order chi connectivity index (χ1) is 11.5. The van der Waals surface area contributed by atoms with Crippen LogP contribution in [0.4, 0.5) is 4.39 Å². The van der Waals surface area contributed by atoms with Crippen LogP contribution in [0.25, 0.3) is 11.4 Å². The Morgan fingerprint density at radius 3 is 2.92 bits per heavy atom. The maximum absolute atomic E-state index is 13.7. The molecule has 0 N–H and O–H groups in total. The third-order valence-corrected chi connectivity index (χ3v) is 3.38. The normalized spacial score (nSPS) is 12.0. The number of ether oxygens (including phenoxy) is 1. The van der Waals surface area contributed by atoms with Crippen molar-refractivity contribution in [1.29, 1.82) is 0 Å². The number of hydrogen-bond acceptors (Lipinski definition) is 6. The van der Waals surface area contributed by atoms with Crippen LogP contribution >= 0.6 is 11.6 Å². The van der Waals surface area contributed by atoms with Gasteiger partial charge in [0, 0.05) is 23.0 Å². The number of esters is 1. The van der Waals surface area contributed by atoms with E-state index in [0.717, 1.165) is 6.07 Å². The Kier molecular flexibility index (Phi) is 4.52. The van der Waals surface area contributed by atoms with E-state index < -0.39 is 17.9 Å². The van der Waals surface area contributed by atoms with Crippen molar-refractivity contribution >= 4 is 17.6 Å². The van der Waals surface area contributed by atoms with Crippen molar-refractivity contribution in [2.45, 2.75) is 13.0 Å². The Morgan fingerprint density at radius 1 is 1.38 bits per heavy atom. The van der Waals surface area contributed by atoms with Crippen molar-refractivity contribution in [3.8, 4) is 11.4 Å². The van der Waals surface area contributed by atoms with E-state index in [1.807, 2.05) is 0 Å². The summed E-state index contributed by atoms with van der Waals surface area (Å²) in [6.45, 7) is 1.55. The minimum atomic E-state index is -0.849. The van der Waals surface area contributed by atoms with E-state index in [1.54, 1.807) is 31.5 Å². The van der Waals surface area contributed by atoms with E-state index in [0.29, 0.717) is 11.4 Å². The molecule has 1 aromatic carbocycles. The average Bonchev–Trinajstić information content (AvgIpc) is 3.05. The molecule has 0 amide bonds. The van der Waals surface area contributed by atoms with Crippen molar-refractivity contribution in [3.05, 3.63) is 65.0 Å². The third-order valence-electron chi connectivity index (χ3n) is 3.14. The summed E-state index contributed by atoms with van der Waals surface area (Å²) in [7, 11) is 0. The van der Waals surface area contributed by atoms with Crippen molar-refractivity contribution in [1.82, 2.24) is 15.1 Å². The van der Waals surface area contributed by atoms with Crippen molar-refractivity contribution in [2.75, 3.05) is 0 Å². The molecule has 0 unspecified atom stereocenters. The van der Waals surface area contributed by atoms with Crippen LogP contribution in [0, 0.1) is 5.82 Å². The van der Waals surface area contributed by atoms with Gasteiger partial charge >= 0.3 is 5.97 Å². The van der Waals surface area contributed by atoms with Crippen LogP contribution in [0.3, 0.4) is 0 Å². The summed E-state index contributed by atoms with van der Waals surface area (Å²) in [5, 5.41) is 4.00. The van der Waals surface area contributed by atoms with E-state index >= 15 is 0 Å². The van der Waals surface area contributed by atoms with Crippen LogP contribution < -0.4 is 0 Å². The molecule has 2 aromatic heterocycles. The molecule has 0 spiro atoms. The molecule has 0 aliphatic carbocycles. The minimum absolute atomic E-state index is 0.0941. The van der Waals surface area contributed by atoms with Gasteiger partial charge in [-0.25, -0.2) is 9.18 Å². The van der Waals surface area contributed by atoms with Crippen LogP contribution in [0.15, 0.2) is 47.2 Å². The number of carbonyl (C=O) groups is 1. The third kappa shape index (κ3) is 3.41. The Morgan fingerprint density at radius 2 is 2.21 bits per heavy atom. The van der Waals surface area contributed by atoms with Gasteiger partial charge in [-0.15, -0.1) is 0 Å². The number of carbonyl (C=O) groups excluding carboxylic acids is 1. The molecule has 122 valence electrons. The van der Waals surface area contributed by atoms with Crippen LogP contribution in [0.2, 0.25) is 5.02 Å². The molecule has 0 aliphatic heterocycles. The van der Waals surface area contributed by atoms with Crippen LogP contribution in [0.5, 0.6) is 0 Å². The van der Waals surface area contributed by atoms with Gasteiger partial charge in [0.1, 0.15) is 5.82 Å². The Balaban J connectivity index is 1.74. The van der Waals surface area contributed by atoms with Gasteiger partial charge in [0.2, 0.25) is 5.82 Å². The summed E-state index contributed by atoms with van der Waals surface area (Å²) in [6.07, 6.45) is 2.36. The maximum Gasteiger partial charge on any atom is 0.341 e. The molecule has 0 fully saturated rings. The van der Waals surface area contributed by atoms with Crippen LogP contribution in [-0.2, 0) is 4.74 Å². The Hall–Kier alpha value is -2.80. The summed E-state index contributed by atoms with van der Waals surface area (Å²) >= 11 is 5.65.